The Balaban J connectivity index is 2.03. The van der Waals surface area contributed by atoms with E-state index < -0.39 is 0 Å². The van der Waals surface area contributed by atoms with Crippen LogP contribution in [0.3, 0.4) is 0 Å². The number of halogens is 1. The Morgan fingerprint density at radius 1 is 1.00 bits per heavy atom. The minimum atomic E-state index is 0.250. The topological polar surface area (TPSA) is 24.9 Å². The molecule has 94 valence electrons. The van der Waals surface area contributed by atoms with Gasteiger partial charge in [0.15, 0.2) is 0 Å². The second-order valence-electron chi connectivity index (χ2n) is 4.42. The standard InChI is InChI=1S/C15H17IN2/c1-11(13-6-8-14(16)9-7-13)18-12(2)15-5-3-4-10-17-15/h3-12,18H,1-2H3. The number of nitrogens with zero attached hydrogens (tertiary/aromatic N) is 1. The third-order valence-corrected chi connectivity index (χ3v) is 3.72. The van der Waals surface area contributed by atoms with Gasteiger partial charge in [0.05, 0.1) is 5.69 Å². The molecule has 0 aliphatic rings. The van der Waals surface area contributed by atoms with Gasteiger partial charge in [0.1, 0.15) is 0 Å². The Morgan fingerprint density at radius 2 is 1.72 bits per heavy atom. The van der Waals surface area contributed by atoms with Gasteiger partial charge in [-0.25, -0.2) is 0 Å². The minimum absolute atomic E-state index is 0.250. The number of rotatable bonds is 4. The molecule has 0 bridgehead atoms. The van der Waals surface area contributed by atoms with E-state index in [4.69, 9.17) is 0 Å². The van der Waals surface area contributed by atoms with E-state index in [1.807, 2.05) is 18.3 Å². The van der Waals surface area contributed by atoms with Gasteiger partial charge >= 0.3 is 0 Å². The molecule has 0 aliphatic heterocycles. The largest absolute Gasteiger partial charge is 0.302 e. The zero-order chi connectivity index (χ0) is 13.0. The minimum Gasteiger partial charge on any atom is -0.302 e. The van der Waals surface area contributed by atoms with Crippen molar-refractivity contribution in [2.24, 2.45) is 0 Å². The summed E-state index contributed by atoms with van der Waals surface area (Å²) in [6, 6.07) is 15.2. The van der Waals surface area contributed by atoms with Gasteiger partial charge in [0, 0.05) is 21.9 Å². The number of benzene rings is 1. The molecule has 0 aliphatic carbocycles. The van der Waals surface area contributed by atoms with Crippen LogP contribution in [0.4, 0.5) is 0 Å². The Hall–Kier alpha value is -0.940. The third kappa shape index (κ3) is 3.53. The third-order valence-electron chi connectivity index (χ3n) is 3.00. The number of aromatic nitrogens is 1. The summed E-state index contributed by atoms with van der Waals surface area (Å²) in [7, 11) is 0. The molecule has 1 aromatic carbocycles. The summed E-state index contributed by atoms with van der Waals surface area (Å²) in [5.41, 5.74) is 2.38. The molecule has 0 fully saturated rings. The Labute approximate surface area is 122 Å². The fourth-order valence-electron chi connectivity index (χ4n) is 1.94. The maximum atomic E-state index is 4.38. The van der Waals surface area contributed by atoms with Crippen molar-refractivity contribution >= 4 is 22.6 Å². The van der Waals surface area contributed by atoms with E-state index in [1.165, 1.54) is 9.13 Å². The van der Waals surface area contributed by atoms with Crippen LogP contribution in [-0.2, 0) is 0 Å². The highest BCUT2D eigenvalue weighted by molar-refractivity contribution is 14.1. The Bertz CT molecular complexity index is 482. The van der Waals surface area contributed by atoms with E-state index >= 15 is 0 Å². The Kier molecular flexibility index (Phi) is 4.72. The molecule has 1 heterocycles. The van der Waals surface area contributed by atoms with Crippen LogP contribution >= 0.6 is 22.6 Å². The van der Waals surface area contributed by atoms with Crippen molar-refractivity contribution in [2.75, 3.05) is 0 Å². The van der Waals surface area contributed by atoms with Crippen LogP contribution in [0.1, 0.15) is 37.2 Å². The average Bonchev–Trinajstić information content (AvgIpc) is 2.40. The average molecular weight is 352 g/mol. The Morgan fingerprint density at radius 3 is 2.33 bits per heavy atom. The van der Waals surface area contributed by atoms with Gasteiger partial charge in [-0.2, -0.15) is 0 Å². The summed E-state index contributed by atoms with van der Waals surface area (Å²) >= 11 is 2.32. The summed E-state index contributed by atoms with van der Waals surface area (Å²) in [5.74, 6) is 0. The summed E-state index contributed by atoms with van der Waals surface area (Å²) in [5, 5.41) is 3.57. The van der Waals surface area contributed by atoms with Crippen LogP contribution < -0.4 is 5.32 Å². The van der Waals surface area contributed by atoms with E-state index in [0.717, 1.165) is 5.69 Å². The van der Waals surface area contributed by atoms with E-state index in [2.05, 4.69) is 77.1 Å². The van der Waals surface area contributed by atoms with E-state index in [9.17, 15) is 0 Å². The molecule has 2 unspecified atom stereocenters. The van der Waals surface area contributed by atoms with E-state index in [0.29, 0.717) is 6.04 Å². The fourth-order valence-corrected chi connectivity index (χ4v) is 2.30. The maximum Gasteiger partial charge on any atom is 0.0570 e. The molecular weight excluding hydrogens is 335 g/mol. The second kappa shape index (κ2) is 6.29. The lowest BCUT2D eigenvalue weighted by Crippen LogP contribution is -2.23. The van der Waals surface area contributed by atoms with Gasteiger partial charge in [-0.3, -0.25) is 4.98 Å². The molecule has 0 amide bonds. The molecular formula is C15H17IN2. The highest BCUT2D eigenvalue weighted by Crippen LogP contribution is 2.18. The molecule has 1 N–H and O–H groups in total. The molecule has 2 atom stereocenters. The van der Waals surface area contributed by atoms with Crippen molar-refractivity contribution < 1.29 is 0 Å². The van der Waals surface area contributed by atoms with Crippen LogP contribution in [0.25, 0.3) is 0 Å². The molecule has 0 saturated heterocycles. The van der Waals surface area contributed by atoms with Gasteiger partial charge < -0.3 is 5.32 Å². The lowest BCUT2D eigenvalue weighted by Gasteiger charge is -2.20. The molecule has 1 aromatic heterocycles. The first-order valence-electron chi connectivity index (χ1n) is 6.09. The van der Waals surface area contributed by atoms with E-state index in [-0.39, 0.29) is 6.04 Å². The lowest BCUT2D eigenvalue weighted by atomic mass is 10.1. The van der Waals surface area contributed by atoms with Gasteiger partial charge in [-0.1, -0.05) is 18.2 Å². The predicted octanol–water partition coefficient (Wildman–Crippen LogP) is 4.10. The molecule has 2 aromatic rings. The highest BCUT2D eigenvalue weighted by Gasteiger charge is 2.11. The molecule has 0 spiro atoms. The van der Waals surface area contributed by atoms with Gasteiger partial charge in [0.2, 0.25) is 0 Å². The van der Waals surface area contributed by atoms with Crippen molar-refractivity contribution in [2.45, 2.75) is 25.9 Å². The highest BCUT2D eigenvalue weighted by atomic mass is 127. The molecule has 3 heteroatoms. The molecule has 0 saturated carbocycles. The van der Waals surface area contributed by atoms with Crippen molar-refractivity contribution in [3.05, 3.63) is 63.5 Å². The molecule has 0 radical (unpaired) electrons. The molecule has 2 rings (SSSR count). The first-order chi connectivity index (χ1) is 8.66. The predicted molar refractivity (Wildman–Crippen MR) is 83.4 cm³/mol. The first-order valence-corrected chi connectivity index (χ1v) is 7.17. The smallest absolute Gasteiger partial charge is 0.0570 e. The van der Waals surface area contributed by atoms with Crippen molar-refractivity contribution in [1.29, 1.82) is 0 Å². The first kappa shape index (κ1) is 13.5. The number of pyridine rings is 1. The second-order valence-corrected chi connectivity index (χ2v) is 5.66. The van der Waals surface area contributed by atoms with Crippen LogP contribution in [0.15, 0.2) is 48.7 Å². The molecule has 2 nitrogen and oxygen atoms in total. The van der Waals surface area contributed by atoms with Crippen molar-refractivity contribution in [3.8, 4) is 0 Å². The zero-order valence-electron chi connectivity index (χ0n) is 10.6. The quantitative estimate of drug-likeness (QED) is 0.839. The summed E-state index contributed by atoms with van der Waals surface area (Å²) in [6.07, 6.45) is 1.84. The maximum absolute atomic E-state index is 4.38. The summed E-state index contributed by atoms with van der Waals surface area (Å²) in [4.78, 5) is 4.38. The van der Waals surface area contributed by atoms with Crippen LogP contribution in [-0.4, -0.2) is 4.98 Å². The van der Waals surface area contributed by atoms with Crippen molar-refractivity contribution in [1.82, 2.24) is 10.3 Å². The van der Waals surface area contributed by atoms with Crippen LogP contribution in [0, 0.1) is 3.57 Å². The van der Waals surface area contributed by atoms with Gasteiger partial charge in [-0.05, 0) is 66.3 Å². The van der Waals surface area contributed by atoms with E-state index in [1.54, 1.807) is 0 Å². The fraction of sp³-hybridized carbons (Fsp3) is 0.267. The molecule has 18 heavy (non-hydrogen) atoms. The van der Waals surface area contributed by atoms with Gasteiger partial charge in [0.25, 0.3) is 0 Å². The van der Waals surface area contributed by atoms with Crippen LogP contribution in [0.2, 0.25) is 0 Å². The van der Waals surface area contributed by atoms with Crippen molar-refractivity contribution in [3.63, 3.8) is 0 Å². The SMILES string of the molecule is CC(NC(C)c1ccccn1)c1ccc(I)cc1. The summed E-state index contributed by atoms with van der Waals surface area (Å²) in [6.45, 7) is 4.33. The zero-order valence-corrected chi connectivity index (χ0v) is 12.8. The number of nitrogens with one attached hydrogen (secondary N) is 1. The summed E-state index contributed by atoms with van der Waals surface area (Å²) < 4.78 is 1.27. The van der Waals surface area contributed by atoms with Crippen LogP contribution in [0.5, 0.6) is 0 Å². The normalized spacial score (nSPS) is 14.2. The number of hydrogen-bond donors (Lipinski definition) is 1. The monoisotopic (exact) mass is 352 g/mol. The lowest BCUT2D eigenvalue weighted by molar-refractivity contribution is 0.486. The number of hydrogen-bond acceptors (Lipinski definition) is 2. The van der Waals surface area contributed by atoms with Gasteiger partial charge in [-0.15, -0.1) is 0 Å².